The largest absolute Gasteiger partial charge is 0.481 e. The number of amides is 2. The van der Waals surface area contributed by atoms with Crippen LogP contribution in [0.5, 0.6) is 0 Å². The van der Waals surface area contributed by atoms with E-state index in [1.807, 2.05) is 13.8 Å². The number of aliphatic carboxylic acids is 1. The normalized spacial score (nSPS) is 19.8. The van der Waals surface area contributed by atoms with Gasteiger partial charge in [-0.2, -0.15) is 0 Å². The third-order valence-electron chi connectivity index (χ3n) is 2.93. The Bertz CT molecular complexity index is 332. The van der Waals surface area contributed by atoms with Crippen molar-refractivity contribution in [1.82, 2.24) is 10.2 Å². The molecule has 0 aromatic rings. The number of carboxylic acids is 1. The lowest BCUT2D eigenvalue weighted by atomic mass is 10.1. The number of hydrogen-bond acceptors (Lipinski definition) is 4. The molecule has 1 aliphatic heterocycles. The van der Waals surface area contributed by atoms with Crippen LogP contribution in [0.3, 0.4) is 0 Å². The Balaban J connectivity index is 2.39. The molecule has 0 aliphatic carbocycles. The van der Waals surface area contributed by atoms with Crippen LogP contribution >= 0.6 is 0 Å². The molecule has 1 atom stereocenters. The van der Waals surface area contributed by atoms with Crippen LogP contribution in [-0.4, -0.2) is 67.1 Å². The predicted molar refractivity (Wildman–Crippen MR) is 68.1 cm³/mol. The van der Waals surface area contributed by atoms with Gasteiger partial charge in [0.15, 0.2) is 0 Å². The molecule has 0 aromatic heterocycles. The monoisotopic (exact) mass is 274 g/mol. The van der Waals surface area contributed by atoms with Crippen molar-refractivity contribution in [1.29, 1.82) is 0 Å². The average molecular weight is 274 g/mol. The highest BCUT2D eigenvalue weighted by atomic mass is 16.5. The smallest absolute Gasteiger partial charge is 0.317 e. The van der Waals surface area contributed by atoms with Crippen LogP contribution in [0.4, 0.5) is 4.79 Å². The molecule has 0 radical (unpaired) electrons. The number of urea groups is 1. The first kappa shape index (κ1) is 15.7. The lowest BCUT2D eigenvalue weighted by Crippen LogP contribution is -2.54. The SMILES string of the molecule is COC(CNC(=O)N1CCOC(C)(C)C1)CC(=O)O. The molecule has 0 saturated carbocycles. The number of rotatable bonds is 5. The minimum atomic E-state index is -0.950. The minimum Gasteiger partial charge on any atom is -0.481 e. The maximum atomic E-state index is 11.9. The van der Waals surface area contributed by atoms with Crippen molar-refractivity contribution < 1.29 is 24.2 Å². The minimum absolute atomic E-state index is 0.134. The fourth-order valence-corrected chi connectivity index (χ4v) is 1.94. The van der Waals surface area contributed by atoms with E-state index in [9.17, 15) is 9.59 Å². The fourth-order valence-electron chi connectivity index (χ4n) is 1.94. The molecule has 7 heteroatoms. The van der Waals surface area contributed by atoms with Crippen LogP contribution in [0.2, 0.25) is 0 Å². The van der Waals surface area contributed by atoms with Gasteiger partial charge in [-0.25, -0.2) is 4.79 Å². The fraction of sp³-hybridized carbons (Fsp3) is 0.833. The Morgan fingerprint density at radius 2 is 2.21 bits per heavy atom. The highest BCUT2D eigenvalue weighted by Crippen LogP contribution is 2.16. The van der Waals surface area contributed by atoms with Gasteiger partial charge in [-0.3, -0.25) is 4.79 Å². The van der Waals surface area contributed by atoms with E-state index in [-0.39, 0.29) is 24.6 Å². The van der Waals surface area contributed by atoms with Gasteiger partial charge in [-0.1, -0.05) is 0 Å². The summed E-state index contributed by atoms with van der Waals surface area (Å²) in [6.45, 7) is 5.58. The van der Waals surface area contributed by atoms with Crippen molar-refractivity contribution in [2.75, 3.05) is 33.4 Å². The van der Waals surface area contributed by atoms with E-state index in [2.05, 4.69) is 5.32 Å². The number of ether oxygens (including phenoxy) is 2. The van der Waals surface area contributed by atoms with E-state index >= 15 is 0 Å². The van der Waals surface area contributed by atoms with Gasteiger partial charge in [0, 0.05) is 20.2 Å². The number of nitrogens with zero attached hydrogens (tertiary/aromatic N) is 1. The Morgan fingerprint density at radius 1 is 1.53 bits per heavy atom. The van der Waals surface area contributed by atoms with Gasteiger partial charge in [0.1, 0.15) is 0 Å². The summed E-state index contributed by atoms with van der Waals surface area (Å²) in [4.78, 5) is 24.2. The van der Waals surface area contributed by atoms with Crippen molar-refractivity contribution in [2.45, 2.75) is 32.0 Å². The Hall–Kier alpha value is -1.34. The molecule has 110 valence electrons. The zero-order valence-electron chi connectivity index (χ0n) is 11.6. The van der Waals surface area contributed by atoms with E-state index in [1.54, 1.807) is 4.90 Å². The maximum absolute atomic E-state index is 11.9. The lowest BCUT2D eigenvalue weighted by molar-refractivity contribution is -0.139. The summed E-state index contributed by atoms with van der Waals surface area (Å²) in [5.41, 5.74) is -0.350. The van der Waals surface area contributed by atoms with E-state index in [4.69, 9.17) is 14.6 Å². The van der Waals surface area contributed by atoms with Gasteiger partial charge in [0.2, 0.25) is 0 Å². The van der Waals surface area contributed by atoms with Crippen molar-refractivity contribution in [3.05, 3.63) is 0 Å². The summed E-state index contributed by atoms with van der Waals surface area (Å²) >= 11 is 0. The number of hydrogen-bond donors (Lipinski definition) is 2. The van der Waals surface area contributed by atoms with Gasteiger partial charge in [-0.15, -0.1) is 0 Å². The molecule has 1 heterocycles. The number of nitrogens with one attached hydrogen (secondary N) is 1. The van der Waals surface area contributed by atoms with Crippen LogP contribution in [-0.2, 0) is 14.3 Å². The molecule has 1 rings (SSSR count). The van der Waals surface area contributed by atoms with E-state index < -0.39 is 12.1 Å². The average Bonchev–Trinajstić information content (AvgIpc) is 2.32. The van der Waals surface area contributed by atoms with Crippen molar-refractivity contribution in [2.24, 2.45) is 0 Å². The van der Waals surface area contributed by atoms with Gasteiger partial charge < -0.3 is 24.8 Å². The quantitative estimate of drug-likeness (QED) is 0.752. The van der Waals surface area contributed by atoms with Crippen LogP contribution in [0.1, 0.15) is 20.3 Å². The van der Waals surface area contributed by atoms with E-state index in [1.165, 1.54) is 7.11 Å². The number of morpholine rings is 1. The molecule has 1 saturated heterocycles. The number of methoxy groups -OCH3 is 1. The molecule has 19 heavy (non-hydrogen) atoms. The van der Waals surface area contributed by atoms with Gasteiger partial charge in [0.05, 0.1) is 31.3 Å². The first-order valence-electron chi connectivity index (χ1n) is 6.25. The van der Waals surface area contributed by atoms with Gasteiger partial charge in [-0.05, 0) is 13.8 Å². The molecule has 7 nitrogen and oxygen atoms in total. The topological polar surface area (TPSA) is 88.1 Å². The molecule has 2 amide bonds. The van der Waals surface area contributed by atoms with Crippen LogP contribution in [0, 0.1) is 0 Å². The molecule has 1 unspecified atom stereocenters. The summed E-state index contributed by atoms with van der Waals surface area (Å²) in [5.74, 6) is -0.950. The maximum Gasteiger partial charge on any atom is 0.317 e. The molecule has 1 fully saturated rings. The number of carboxylic acid groups (broad SMARTS) is 1. The summed E-state index contributed by atoms with van der Waals surface area (Å²) in [6, 6.07) is -0.219. The molecule has 0 aromatic carbocycles. The zero-order valence-corrected chi connectivity index (χ0v) is 11.6. The molecule has 1 aliphatic rings. The zero-order chi connectivity index (χ0) is 14.5. The molecular formula is C12H22N2O5. The Labute approximate surface area is 112 Å². The van der Waals surface area contributed by atoms with Crippen molar-refractivity contribution in [3.8, 4) is 0 Å². The molecule has 0 bridgehead atoms. The summed E-state index contributed by atoms with van der Waals surface area (Å²) in [7, 11) is 1.43. The highest BCUT2D eigenvalue weighted by Gasteiger charge is 2.30. The predicted octanol–water partition coefficient (Wildman–Crippen LogP) is 0.297. The standard InChI is InChI=1S/C12H22N2O5/c1-12(2)8-14(4-5-19-12)11(17)13-7-9(18-3)6-10(15)16/h9H,4-8H2,1-3H3,(H,13,17)(H,15,16). The van der Waals surface area contributed by atoms with Crippen LogP contribution in [0.25, 0.3) is 0 Å². The van der Waals surface area contributed by atoms with Gasteiger partial charge in [0.25, 0.3) is 0 Å². The summed E-state index contributed by atoms with van der Waals surface area (Å²) in [6.07, 6.45) is -0.652. The van der Waals surface area contributed by atoms with Crippen LogP contribution < -0.4 is 5.32 Å². The first-order chi connectivity index (χ1) is 8.84. The highest BCUT2D eigenvalue weighted by molar-refractivity contribution is 5.74. The number of carbonyl (C=O) groups is 2. The molecular weight excluding hydrogens is 252 g/mol. The summed E-state index contributed by atoms with van der Waals surface area (Å²) in [5, 5.41) is 11.4. The third kappa shape index (κ3) is 5.44. The van der Waals surface area contributed by atoms with Crippen molar-refractivity contribution >= 4 is 12.0 Å². The Morgan fingerprint density at radius 3 is 2.74 bits per heavy atom. The second-order valence-corrected chi connectivity index (χ2v) is 5.17. The third-order valence-corrected chi connectivity index (χ3v) is 2.93. The summed E-state index contributed by atoms with van der Waals surface area (Å²) < 4.78 is 10.5. The second-order valence-electron chi connectivity index (χ2n) is 5.17. The lowest BCUT2D eigenvalue weighted by Gasteiger charge is -2.38. The van der Waals surface area contributed by atoms with Crippen molar-refractivity contribution in [3.63, 3.8) is 0 Å². The second kappa shape index (κ2) is 6.72. The van der Waals surface area contributed by atoms with Gasteiger partial charge >= 0.3 is 12.0 Å². The Kier molecular flexibility index (Phi) is 5.56. The first-order valence-corrected chi connectivity index (χ1v) is 6.25. The number of carbonyl (C=O) groups excluding carboxylic acids is 1. The molecule has 0 spiro atoms. The van der Waals surface area contributed by atoms with E-state index in [0.29, 0.717) is 19.7 Å². The van der Waals surface area contributed by atoms with E-state index in [0.717, 1.165) is 0 Å². The molecule has 2 N–H and O–H groups in total. The van der Waals surface area contributed by atoms with Crippen LogP contribution in [0.15, 0.2) is 0 Å².